The van der Waals surface area contributed by atoms with Crippen LogP contribution in [0.4, 0.5) is 0 Å². The SMILES string of the molecule is CCCN1CCC(N2C[C@@H](NCc3ccc4ccccc4c3)C[C@H]2C(=O)NCCc2ccc3c(c2)OCO3)CC1. The van der Waals surface area contributed by atoms with E-state index in [0.717, 1.165) is 68.9 Å². The van der Waals surface area contributed by atoms with Gasteiger partial charge in [0.15, 0.2) is 11.5 Å². The molecule has 0 radical (unpaired) electrons. The Labute approximate surface area is 237 Å². The predicted octanol–water partition coefficient (Wildman–Crippen LogP) is 4.33. The fourth-order valence-corrected chi connectivity index (χ4v) is 6.62. The summed E-state index contributed by atoms with van der Waals surface area (Å²) < 4.78 is 10.9. The second kappa shape index (κ2) is 12.6. The van der Waals surface area contributed by atoms with Crippen LogP contribution in [0.5, 0.6) is 11.5 Å². The van der Waals surface area contributed by atoms with Gasteiger partial charge in [0.05, 0.1) is 6.04 Å². The highest BCUT2D eigenvalue weighted by atomic mass is 16.7. The van der Waals surface area contributed by atoms with Crippen LogP contribution in [0.15, 0.2) is 60.7 Å². The van der Waals surface area contributed by atoms with Gasteiger partial charge in [-0.2, -0.15) is 0 Å². The first kappa shape index (κ1) is 27.1. The molecule has 0 spiro atoms. The Bertz CT molecular complexity index is 1310. The molecule has 0 bridgehead atoms. The van der Waals surface area contributed by atoms with Gasteiger partial charge in [-0.1, -0.05) is 49.4 Å². The van der Waals surface area contributed by atoms with E-state index in [-0.39, 0.29) is 18.7 Å². The molecule has 0 aromatic heterocycles. The molecule has 2 saturated heterocycles. The average molecular weight is 543 g/mol. The molecule has 7 nitrogen and oxygen atoms in total. The Kier molecular flexibility index (Phi) is 8.51. The third kappa shape index (κ3) is 6.27. The van der Waals surface area contributed by atoms with Gasteiger partial charge in [-0.15, -0.1) is 0 Å². The summed E-state index contributed by atoms with van der Waals surface area (Å²) in [5, 5.41) is 9.60. The Morgan fingerprint density at radius 2 is 1.75 bits per heavy atom. The molecule has 3 aliphatic rings. The van der Waals surface area contributed by atoms with Crippen molar-refractivity contribution in [3.63, 3.8) is 0 Å². The van der Waals surface area contributed by atoms with Crippen LogP contribution in [0, 0.1) is 0 Å². The number of likely N-dealkylation sites (tertiary alicyclic amines) is 2. The standard InChI is InChI=1S/C33H42N4O3/c1-2-15-36-16-12-29(13-17-36)37-22-28(35-21-25-7-9-26-5-3-4-6-27(26)18-25)20-30(37)33(38)34-14-11-24-8-10-31-32(19-24)40-23-39-31/h3-10,18-19,28-30,35H,2,11-17,20-23H2,1H3,(H,34,38)/t28-,30-/m0/s1. The van der Waals surface area contributed by atoms with Crippen molar-refractivity contribution in [1.82, 2.24) is 20.4 Å². The van der Waals surface area contributed by atoms with Crippen LogP contribution in [0.2, 0.25) is 0 Å². The normalized spacial score (nSPS) is 21.7. The third-order valence-electron chi connectivity index (χ3n) is 8.77. The molecule has 3 aromatic carbocycles. The lowest BCUT2D eigenvalue weighted by Gasteiger charge is -2.39. The van der Waals surface area contributed by atoms with Crippen LogP contribution in [-0.2, 0) is 17.8 Å². The van der Waals surface area contributed by atoms with Gasteiger partial charge < -0.3 is 25.0 Å². The summed E-state index contributed by atoms with van der Waals surface area (Å²) >= 11 is 0. The molecule has 6 rings (SSSR count). The zero-order valence-electron chi connectivity index (χ0n) is 23.6. The molecule has 3 aliphatic heterocycles. The predicted molar refractivity (Wildman–Crippen MR) is 159 cm³/mol. The summed E-state index contributed by atoms with van der Waals surface area (Å²) in [6, 6.07) is 21.9. The van der Waals surface area contributed by atoms with Crippen molar-refractivity contribution in [3.8, 4) is 11.5 Å². The molecule has 0 aliphatic carbocycles. The number of nitrogens with one attached hydrogen (secondary N) is 2. The first-order valence-electron chi connectivity index (χ1n) is 15.0. The maximum absolute atomic E-state index is 13.6. The second-order valence-corrected chi connectivity index (χ2v) is 11.5. The molecule has 0 saturated carbocycles. The summed E-state index contributed by atoms with van der Waals surface area (Å²) in [4.78, 5) is 18.7. The minimum Gasteiger partial charge on any atom is -0.454 e. The smallest absolute Gasteiger partial charge is 0.237 e. The number of hydrogen-bond acceptors (Lipinski definition) is 6. The summed E-state index contributed by atoms with van der Waals surface area (Å²) in [5.41, 5.74) is 2.43. The Hall–Kier alpha value is -3.13. The minimum atomic E-state index is -0.0893. The Morgan fingerprint density at radius 3 is 2.60 bits per heavy atom. The lowest BCUT2D eigenvalue weighted by Crippen LogP contribution is -2.51. The van der Waals surface area contributed by atoms with Gasteiger partial charge in [-0.25, -0.2) is 0 Å². The van der Waals surface area contributed by atoms with Crippen molar-refractivity contribution in [2.24, 2.45) is 0 Å². The van der Waals surface area contributed by atoms with Gasteiger partial charge in [0.1, 0.15) is 0 Å². The van der Waals surface area contributed by atoms with E-state index in [4.69, 9.17) is 9.47 Å². The zero-order chi connectivity index (χ0) is 27.3. The number of nitrogens with zero attached hydrogens (tertiary/aromatic N) is 2. The topological polar surface area (TPSA) is 66.1 Å². The number of amides is 1. The van der Waals surface area contributed by atoms with Crippen LogP contribution < -0.4 is 20.1 Å². The molecular weight excluding hydrogens is 500 g/mol. The van der Waals surface area contributed by atoms with Crippen LogP contribution in [-0.4, -0.2) is 73.3 Å². The molecule has 212 valence electrons. The number of hydrogen-bond donors (Lipinski definition) is 2. The highest BCUT2D eigenvalue weighted by molar-refractivity contribution is 5.83. The van der Waals surface area contributed by atoms with Gasteiger partial charge in [0.2, 0.25) is 12.7 Å². The number of fused-ring (bicyclic) bond motifs is 2. The van der Waals surface area contributed by atoms with E-state index in [1.54, 1.807) is 0 Å². The van der Waals surface area contributed by atoms with E-state index < -0.39 is 0 Å². The average Bonchev–Trinajstić information content (AvgIpc) is 3.64. The number of carbonyl (C=O) groups excluding carboxylic acids is 1. The fraction of sp³-hybridized carbons (Fsp3) is 0.485. The second-order valence-electron chi connectivity index (χ2n) is 11.5. The number of piperidine rings is 1. The van der Waals surface area contributed by atoms with E-state index in [9.17, 15) is 4.79 Å². The summed E-state index contributed by atoms with van der Waals surface area (Å²) in [6.07, 6.45) is 5.09. The van der Waals surface area contributed by atoms with Crippen LogP contribution in [0.1, 0.15) is 43.7 Å². The molecular formula is C33H42N4O3. The molecule has 40 heavy (non-hydrogen) atoms. The van der Waals surface area contributed by atoms with Crippen molar-refractivity contribution < 1.29 is 14.3 Å². The Morgan fingerprint density at radius 1 is 0.950 bits per heavy atom. The van der Waals surface area contributed by atoms with Crippen LogP contribution in [0.25, 0.3) is 10.8 Å². The largest absolute Gasteiger partial charge is 0.454 e. The van der Waals surface area contributed by atoms with Crippen molar-refractivity contribution >= 4 is 16.7 Å². The van der Waals surface area contributed by atoms with Crippen LogP contribution in [0.3, 0.4) is 0 Å². The number of carbonyl (C=O) groups is 1. The van der Waals surface area contributed by atoms with E-state index >= 15 is 0 Å². The maximum atomic E-state index is 13.6. The van der Waals surface area contributed by atoms with E-state index in [1.807, 2.05) is 12.1 Å². The van der Waals surface area contributed by atoms with Crippen molar-refractivity contribution in [3.05, 3.63) is 71.8 Å². The molecule has 2 fully saturated rings. The van der Waals surface area contributed by atoms with E-state index in [2.05, 4.69) is 75.9 Å². The molecule has 1 amide bonds. The summed E-state index contributed by atoms with van der Waals surface area (Å²) in [6.45, 7) is 8.32. The van der Waals surface area contributed by atoms with E-state index in [0.29, 0.717) is 18.6 Å². The lowest BCUT2D eigenvalue weighted by molar-refractivity contribution is -0.126. The van der Waals surface area contributed by atoms with Gasteiger partial charge in [-0.05, 0) is 91.8 Å². The van der Waals surface area contributed by atoms with Crippen molar-refractivity contribution in [2.75, 3.05) is 39.5 Å². The minimum absolute atomic E-state index is 0.0893. The van der Waals surface area contributed by atoms with Gasteiger partial charge >= 0.3 is 0 Å². The highest BCUT2D eigenvalue weighted by Crippen LogP contribution is 2.32. The van der Waals surface area contributed by atoms with Gasteiger partial charge in [-0.3, -0.25) is 9.69 Å². The quantitative estimate of drug-likeness (QED) is 0.398. The molecule has 3 heterocycles. The van der Waals surface area contributed by atoms with Crippen molar-refractivity contribution in [1.29, 1.82) is 0 Å². The third-order valence-corrected chi connectivity index (χ3v) is 8.77. The van der Waals surface area contributed by atoms with Crippen molar-refractivity contribution in [2.45, 2.75) is 63.7 Å². The maximum Gasteiger partial charge on any atom is 0.237 e. The lowest BCUT2D eigenvalue weighted by atomic mass is 10.0. The van der Waals surface area contributed by atoms with E-state index in [1.165, 1.54) is 29.3 Å². The van der Waals surface area contributed by atoms with Crippen LogP contribution >= 0.6 is 0 Å². The molecule has 7 heteroatoms. The number of benzene rings is 3. The summed E-state index contributed by atoms with van der Waals surface area (Å²) in [7, 11) is 0. The number of ether oxygens (including phenoxy) is 2. The summed E-state index contributed by atoms with van der Waals surface area (Å²) in [5.74, 6) is 1.74. The molecule has 3 aromatic rings. The highest BCUT2D eigenvalue weighted by Gasteiger charge is 2.40. The molecule has 2 N–H and O–H groups in total. The van der Waals surface area contributed by atoms with Gasteiger partial charge in [0.25, 0.3) is 0 Å². The first-order chi connectivity index (χ1) is 19.7. The monoisotopic (exact) mass is 542 g/mol. The van der Waals surface area contributed by atoms with Gasteiger partial charge in [0, 0.05) is 31.7 Å². The number of rotatable bonds is 10. The Balaban J connectivity index is 1.08. The zero-order valence-corrected chi connectivity index (χ0v) is 23.6. The molecule has 0 unspecified atom stereocenters. The molecule has 2 atom stereocenters. The fourth-order valence-electron chi connectivity index (χ4n) is 6.62. The first-order valence-corrected chi connectivity index (χ1v) is 15.0.